The van der Waals surface area contributed by atoms with Gasteiger partial charge < -0.3 is 9.63 Å². The highest BCUT2D eigenvalue weighted by molar-refractivity contribution is 7.48. The highest BCUT2D eigenvalue weighted by Crippen LogP contribution is 2.55. The fourth-order valence-electron chi connectivity index (χ4n) is 2.96. The van der Waals surface area contributed by atoms with Crippen LogP contribution in [0.15, 0.2) is 11.8 Å². The highest BCUT2D eigenvalue weighted by atomic mass is 31.2. The Morgan fingerprint density at radius 2 is 2.14 bits per heavy atom. The Morgan fingerprint density at radius 3 is 2.68 bits per heavy atom. The molecule has 0 radical (unpaired) electrons. The van der Waals surface area contributed by atoms with Gasteiger partial charge in [0.25, 0.3) is 0 Å². The molecular formula is C14H23N2O5P. The van der Waals surface area contributed by atoms with Gasteiger partial charge in [-0.15, -0.1) is 0 Å². The van der Waals surface area contributed by atoms with Gasteiger partial charge in [-0.05, 0) is 46.1 Å². The number of hydrogen-bond acceptors (Lipinski definition) is 7. The largest absolute Gasteiger partial charge is 0.529 e. The lowest BCUT2D eigenvalue weighted by atomic mass is 9.85. The van der Waals surface area contributed by atoms with E-state index in [1.165, 1.54) is 6.08 Å². The molecule has 2 N–H and O–H groups in total. The number of nitriles is 1. The van der Waals surface area contributed by atoms with E-state index < -0.39 is 19.0 Å². The second-order valence-corrected chi connectivity index (χ2v) is 7.30. The maximum atomic E-state index is 12.6. The van der Waals surface area contributed by atoms with E-state index in [-0.39, 0.29) is 25.0 Å². The molecule has 0 bridgehead atoms. The van der Waals surface area contributed by atoms with E-state index in [1.807, 2.05) is 0 Å². The molecule has 0 amide bonds. The Kier molecular flexibility index (Phi) is 5.00. The maximum absolute atomic E-state index is 12.6. The summed E-state index contributed by atoms with van der Waals surface area (Å²) in [5, 5.41) is 23.4. The molecule has 1 unspecified atom stereocenters. The van der Waals surface area contributed by atoms with Crippen LogP contribution in [-0.4, -0.2) is 35.5 Å². The summed E-state index contributed by atoms with van der Waals surface area (Å²) < 4.78 is 28.3. The first kappa shape index (κ1) is 17.5. The maximum Gasteiger partial charge on any atom is 0.529 e. The van der Waals surface area contributed by atoms with Crippen LogP contribution in [0.5, 0.6) is 0 Å². The quantitative estimate of drug-likeness (QED) is 0.720. The summed E-state index contributed by atoms with van der Waals surface area (Å²) in [7, 11) is -3.81. The predicted molar refractivity (Wildman–Crippen MR) is 79.8 cm³/mol. The van der Waals surface area contributed by atoms with Crippen molar-refractivity contribution in [2.75, 3.05) is 13.2 Å². The Bertz CT molecular complexity index is 536. The molecule has 2 aliphatic rings. The summed E-state index contributed by atoms with van der Waals surface area (Å²) in [6, 6.07) is 1.81. The van der Waals surface area contributed by atoms with Gasteiger partial charge in [0.15, 0.2) is 0 Å². The van der Waals surface area contributed by atoms with Gasteiger partial charge in [-0.1, -0.05) is 0 Å². The molecule has 1 saturated carbocycles. The summed E-state index contributed by atoms with van der Waals surface area (Å²) in [4.78, 5) is 0. The van der Waals surface area contributed by atoms with Gasteiger partial charge in [0.1, 0.15) is 16.9 Å². The third-order valence-corrected chi connectivity index (χ3v) is 5.53. The van der Waals surface area contributed by atoms with Crippen LogP contribution in [0.3, 0.4) is 0 Å². The lowest BCUT2D eigenvalue weighted by molar-refractivity contribution is -0.00250. The van der Waals surface area contributed by atoms with Crippen LogP contribution in [0.4, 0.5) is 0 Å². The van der Waals surface area contributed by atoms with Crippen molar-refractivity contribution in [3.8, 4) is 6.07 Å². The lowest BCUT2D eigenvalue weighted by Crippen LogP contribution is -2.60. The number of hydrogen-bond donors (Lipinski definition) is 2. The molecule has 1 fully saturated rings. The average molecular weight is 330 g/mol. The smallest absolute Gasteiger partial charge is 0.406 e. The van der Waals surface area contributed by atoms with Crippen LogP contribution in [-0.2, 0) is 18.1 Å². The van der Waals surface area contributed by atoms with E-state index in [4.69, 9.17) is 13.6 Å². The van der Waals surface area contributed by atoms with Crippen molar-refractivity contribution in [2.45, 2.75) is 57.2 Å². The minimum absolute atomic E-state index is 0.100. The fourth-order valence-corrected chi connectivity index (χ4v) is 4.23. The monoisotopic (exact) mass is 330 g/mol. The summed E-state index contributed by atoms with van der Waals surface area (Å²) in [6.07, 6.45) is 3.43. The van der Waals surface area contributed by atoms with E-state index >= 15 is 0 Å². The van der Waals surface area contributed by atoms with Gasteiger partial charge >= 0.3 is 7.82 Å². The molecule has 2 rings (SSSR count). The number of phosphoric acid groups is 1. The number of nitrogens with zero attached hydrogens (tertiary/aromatic N) is 1. The second kappa shape index (κ2) is 6.31. The summed E-state index contributed by atoms with van der Waals surface area (Å²) >= 11 is 0. The topological polar surface area (TPSA) is 101 Å². The Balaban J connectivity index is 2.36. The number of nitrogens with one attached hydrogen (secondary N) is 1. The SMILES string of the molecule is CCOP(=O)(OCC)OC1=CC(C)(C#N)N[C@H]2CCC[C@]12O. The highest BCUT2D eigenvalue weighted by Gasteiger charge is 2.53. The molecule has 8 heteroatoms. The van der Waals surface area contributed by atoms with Crippen LogP contribution in [0.1, 0.15) is 40.0 Å². The van der Waals surface area contributed by atoms with E-state index in [1.54, 1.807) is 20.8 Å². The molecule has 0 spiro atoms. The molecule has 124 valence electrons. The van der Waals surface area contributed by atoms with Crippen molar-refractivity contribution in [1.82, 2.24) is 5.32 Å². The molecule has 0 aromatic heterocycles. The average Bonchev–Trinajstić information content (AvgIpc) is 2.81. The number of phosphoric ester groups is 1. The molecular weight excluding hydrogens is 307 g/mol. The normalized spacial score (nSPS) is 34.7. The van der Waals surface area contributed by atoms with E-state index in [2.05, 4.69) is 11.4 Å². The third-order valence-electron chi connectivity index (χ3n) is 3.96. The first-order valence-corrected chi connectivity index (χ1v) is 9.00. The molecule has 3 atom stereocenters. The van der Waals surface area contributed by atoms with Crippen molar-refractivity contribution in [3.05, 3.63) is 11.8 Å². The Labute approximate surface area is 130 Å². The van der Waals surface area contributed by atoms with Crippen molar-refractivity contribution < 1.29 is 23.2 Å². The zero-order valence-corrected chi connectivity index (χ0v) is 14.1. The predicted octanol–water partition coefficient (Wildman–Crippen LogP) is 2.24. The molecule has 22 heavy (non-hydrogen) atoms. The summed E-state index contributed by atoms with van der Waals surface area (Å²) in [5.41, 5.74) is -2.29. The number of rotatable bonds is 6. The first-order valence-electron chi connectivity index (χ1n) is 7.54. The minimum Gasteiger partial charge on any atom is -0.406 e. The van der Waals surface area contributed by atoms with Crippen molar-refractivity contribution in [1.29, 1.82) is 5.26 Å². The van der Waals surface area contributed by atoms with Gasteiger partial charge in [0.2, 0.25) is 0 Å². The van der Waals surface area contributed by atoms with Gasteiger partial charge in [0, 0.05) is 6.04 Å². The van der Waals surface area contributed by atoms with E-state index in [0.29, 0.717) is 12.8 Å². The minimum atomic E-state index is -3.81. The summed E-state index contributed by atoms with van der Waals surface area (Å²) in [6.45, 7) is 5.34. The number of fused-ring (bicyclic) bond motifs is 1. The molecule has 0 aromatic rings. The summed E-state index contributed by atoms with van der Waals surface area (Å²) in [5.74, 6) is 0.100. The van der Waals surface area contributed by atoms with Crippen molar-refractivity contribution in [3.63, 3.8) is 0 Å². The van der Waals surface area contributed by atoms with Gasteiger partial charge in [-0.3, -0.25) is 14.4 Å². The van der Waals surface area contributed by atoms with Crippen molar-refractivity contribution >= 4 is 7.82 Å². The zero-order valence-electron chi connectivity index (χ0n) is 13.2. The van der Waals surface area contributed by atoms with Crippen LogP contribution < -0.4 is 5.32 Å². The first-order chi connectivity index (χ1) is 10.3. The molecule has 7 nitrogen and oxygen atoms in total. The van der Waals surface area contributed by atoms with E-state index in [9.17, 15) is 14.9 Å². The van der Waals surface area contributed by atoms with Crippen LogP contribution in [0, 0.1) is 11.3 Å². The molecule has 0 aromatic carbocycles. The fraction of sp³-hybridized carbons (Fsp3) is 0.786. The van der Waals surface area contributed by atoms with Crippen LogP contribution in [0.25, 0.3) is 0 Å². The molecule has 0 saturated heterocycles. The number of aliphatic hydroxyl groups is 1. The van der Waals surface area contributed by atoms with E-state index in [0.717, 1.165) is 6.42 Å². The van der Waals surface area contributed by atoms with Gasteiger partial charge in [-0.25, -0.2) is 4.57 Å². The Morgan fingerprint density at radius 1 is 1.50 bits per heavy atom. The van der Waals surface area contributed by atoms with Crippen LogP contribution in [0.2, 0.25) is 0 Å². The van der Waals surface area contributed by atoms with Gasteiger partial charge in [0.05, 0.1) is 19.3 Å². The molecule has 1 aliphatic heterocycles. The standard InChI is InChI=1S/C14H23N2O5P/c1-4-19-22(18,20-5-2)21-12-9-13(3,10-15)16-11-7-6-8-14(11,12)17/h9,11,16-17H,4-8H2,1-3H3/t11-,13?,14+/m0/s1. The lowest BCUT2D eigenvalue weighted by Gasteiger charge is -2.41. The molecule has 1 aliphatic carbocycles. The molecule has 1 heterocycles. The van der Waals surface area contributed by atoms with Crippen molar-refractivity contribution in [2.24, 2.45) is 0 Å². The zero-order chi connectivity index (χ0) is 16.4. The van der Waals surface area contributed by atoms with Crippen LogP contribution >= 0.6 is 7.82 Å². The second-order valence-electron chi connectivity index (χ2n) is 5.71. The third kappa shape index (κ3) is 3.22. The van der Waals surface area contributed by atoms with Gasteiger partial charge in [-0.2, -0.15) is 5.26 Å². The Hall–Kier alpha value is -0.900.